The Morgan fingerprint density at radius 2 is 2.22 bits per heavy atom. The van der Waals surface area contributed by atoms with Gasteiger partial charge < -0.3 is 9.47 Å². The van der Waals surface area contributed by atoms with Crippen LogP contribution in [0.1, 0.15) is 30.4 Å². The van der Waals surface area contributed by atoms with Gasteiger partial charge in [-0.2, -0.15) is 0 Å². The number of hydrogen-bond acceptors (Lipinski definition) is 3. The Bertz CT molecular complexity index is 495. The van der Waals surface area contributed by atoms with Crippen molar-refractivity contribution in [2.24, 2.45) is 5.92 Å². The van der Waals surface area contributed by atoms with Crippen molar-refractivity contribution in [3.05, 3.63) is 29.3 Å². The fraction of sp³-hybridized carbons (Fsp3) is 0.533. The van der Waals surface area contributed by atoms with Crippen molar-refractivity contribution in [1.82, 2.24) is 0 Å². The minimum atomic E-state index is -0.0568. The van der Waals surface area contributed by atoms with E-state index >= 15 is 0 Å². The summed E-state index contributed by atoms with van der Waals surface area (Å²) in [4.78, 5) is 11.7. The first kappa shape index (κ1) is 11.6. The summed E-state index contributed by atoms with van der Waals surface area (Å²) >= 11 is 0. The molecule has 2 aliphatic carbocycles. The lowest BCUT2D eigenvalue weighted by atomic mass is 9.78. The molecule has 0 radical (unpaired) electrons. The number of hydrogen-bond donors (Lipinski definition) is 0. The van der Waals surface area contributed by atoms with Crippen LogP contribution in [-0.4, -0.2) is 20.2 Å². The van der Waals surface area contributed by atoms with Crippen LogP contribution in [0.2, 0.25) is 0 Å². The molecule has 0 bridgehead atoms. The van der Waals surface area contributed by atoms with E-state index in [-0.39, 0.29) is 17.3 Å². The van der Waals surface area contributed by atoms with E-state index in [1.54, 1.807) is 7.11 Å². The normalized spacial score (nSPS) is 28.7. The molecule has 0 saturated heterocycles. The lowest BCUT2D eigenvalue weighted by Crippen LogP contribution is -2.22. The van der Waals surface area contributed by atoms with Gasteiger partial charge in [-0.1, -0.05) is 6.07 Å². The molecule has 1 aromatic rings. The van der Waals surface area contributed by atoms with E-state index < -0.39 is 0 Å². The van der Waals surface area contributed by atoms with E-state index in [1.165, 1.54) is 18.2 Å². The highest BCUT2D eigenvalue weighted by atomic mass is 16.5. The van der Waals surface area contributed by atoms with Gasteiger partial charge in [-0.05, 0) is 48.9 Å². The number of esters is 1. The minimum absolute atomic E-state index is 0.0568. The van der Waals surface area contributed by atoms with Gasteiger partial charge >= 0.3 is 5.97 Å². The van der Waals surface area contributed by atoms with Gasteiger partial charge in [0.05, 0.1) is 20.1 Å². The summed E-state index contributed by atoms with van der Waals surface area (Å²) in [6, 6.07) is 6.25. The van der Waals surface area contributed by atoms with Gasteiger partial charge in [0.1, 0.15) is 5.75 Å². The number of carbonyl (C=O) groups excluding carboxylic acids is 1. The van der Waals surface area contributed by atoms with Crippen LogP contribution >= 0.6 is 0 Å². The lowest BCUT2D eigenvalue weighted by Gasteiger charge is -2.26. The number of carbonyl (C=O) groups is 1. The number of rotatable bonds is 2. The van der Waals surface area contributed by atoms with Gasteiger partial charge in [0.25, 0.3) is 0 Å². The van der Waals surface area contributed by atoms with Gasteiger partial charge in [0, 0.05) is 5.41 Å². The standard InChI is InChI=1S/C15H18O3/c1-17-11-5-6-12-10(8-11)4-3-7-15(12)9-13(15)14(16)18-2/h5-6,8,13H,3-4,7,9H2,1-2H3. The molecular weight excluding hydrogens is 228 g/mol. The smallest absolute Gasteiger partial charge is 0.309 e. The van der Waals surface area contributed by atoms with Gasteiger partial charge in [0.15, 0.2) is 0 Å². The van der Waals surface area contributed by atoms with Crippen molar-refractivity contribution in [1.29, 1.82) is 0 Å². The maximum atomic E-state index is 11.7. The van der Waals surface area contributed by atoms with Gasteiger partial charge in [-0.25, -0.2) is 0 Å². The van der Waals surface area contributed by atoms with Crippen LogP contribution in [0.25, 0.3) is 0 Å². The second-order valence-electron chi connectivity index (χ2n) is 5.31. The Labute approximate surface area is 107 Å². The molecule has 1 saturated carbocycles. The second-order valence-corrected chi connectivity index (χ2v) is 5.31. The van der Waals surface area contributed by atoms with Crippen LogP contribution in [0.5, 0.6) is 5.75 Å². The van der Waals surface area contributed by atoms with Crippen LogP contribution < -0.4 is 4.74 Å². The Morgan fingerprint density at radius 1 is 1.39 bits per heavy atom. The molecule has 18 heavy (non-hydrogen) atoms. The molecule has 1 fully saturated rings. The molecule has 1 aromatic carbocycles. The molecule has 1 spiro atoms. The highest BCUT2D eigenvalue weighted by molar-refractivity contribution is 5.79. The summed E-state index contributed by atoms with van der Waals surface area (Å²) in [6.45, 7) is 0. The molecule has 0 aliphatic heterocycles. The third-order valence-corrected chi connectivity index (χ3v) is 4.48. The number of benzene rings is 1. The lowest BCUT2D eigenvalue weighted by molar-refractivity contribution is -0.142. The number of aryl methyl sites for hydroxylation is 1. The number of ether oxygens (including phenoxy) is 2. The Morgan fingerprint density at radius 3 is 2.94 bits per heavy atom. The maximum absolute atomic E-state index is 11.7. The molecular formula is C15H18O3. The third kappa shape index (κ3) is 1.53. The predicted molar refractivity (Wildman–Crippen MR) is 67.7 cm³/mol. The molecule has 3 nitrogen and oxygen atoms in total. The number of fused-ring (bicyclic) bond motifs is 2. The summed E-state index contributed by atoms with van der Waals surface area (Å²) in [5, 5.41) is 0. The van der Waals surface area contributed by atoms with Gasteiger partial charge in [0.2, 0.25) is 0 Å². The van der Waals surface area contributed by atoms with E-state index in [9.17, 15) is 4.79 Å². The molecule has 0 aromatic heterocycles. The van der Waals surface area contributed by atoms with Gasteiger partial charge in [-0.15, -0.1) is 0 Å². The molecule has 2 atom stereocenters. The monoisotopic (exact) mass is 246 g/mol. The van der Waals surface area contributed by atoms with E-state index in [4.69, 9.17) is 9.47 Å². The first-order valence-corrected chi connectivity index (χ1v) is 6.46. The van der Waals surface area contributed by atoms with Crippen LogP contribution in [0.4, 0.5) is 0 Å². The highest BCUT2D eigenvalue weighted by Gasteiger charge is 2.60. The average molecular weight is 246 g/mol. The third-order valence-electron chi connectivity index (χ3n) is 4.48. The minimum Gasteiger partial charge on any atom is -0.497 e. The maximum Gasteiger partial charge on any atom is 0.309 e. The Kier molecular flexibility index (Phi) is 2.58. The zero-order chi connectivity index (χ0) is 12.8. The largest absolute Gasteiger partial charge is 0.497 e. The van der Waals surface area contributed by atoms with Crippen molar-refractivity contribution in [2.45, 2.75) is 31.1 Å². The van der Waals surface area contributed by atoms with Crippen molar-refractivity contribution < 1.29 is 14.3 Å². The summed E-state index contributed by atoms with van der Waals surface area (Å²) in [7, 11) is 3.17. The van der Waals surface area contributed by atoms with Crippen molar-refractivity contribution in [2.75, 3.05) is 14.2 Å². The molecule has 0 N–H and O–H groups in total. The fourth-order valence-electron chi connectivity index (χ4n) is 3.45. The topological polar surface area (TPSA) is 35.5 Å². The van der Waals surface area contributed by atoms with Crippen molar-refractivity contribution in [3.8, 4) is 5.75 Å². The summed E-state index contributed by atoms with van der Waals surface area (Å²) in [6.07, 6.45) is 4.28. The molecule has 3 heteroatoms. The second kappa shape index (κ2) is 4.01. The van der Waals surface area contributed by atoms with E-state index in [0.29, 0.717) is 0 Å². The Hall–Kier alpha value is -1.51. The van der Waals surface area contributed by atoms with Crippen LogP contribution in [0, 0.1) is 5.92 Å². The Balaban J connectivity index is 1.97. The van der Waals surface area contributed by atoms with Crippen LogP contribution in [0.15, 0.2) is 18.2 Å². The summed E-state index contributed by atoms with van der Waals surface area (Å²) in [5.74, 6) is 0.912. The summed E-state index contributed by atoms with van der Waals surface area (Å²) in [5.41, 5.74) is 2.74. The first-order valence-electron chi connectivity index (χ1n) is 6.46. The molecule has 96 valence electrons. The van der Waals surface area contributed by atoms with Crippen molar-refractivity contribution in [3.63, 3.8) is 0 Å². The molecule has 3 rings (SSSR count). The molecule has 0 heterocycles. The molecule has 0 amide bonds. The van der Waals surface area contributed by atoms with Crippen LogP contribution in [-0.2, 0) is 21.4 Å². The molecule has 2 aliphatic rings. The van der Waals surface area contributed by atoms with E-state index in [2.05, 4.69) is 12.1 Å². The SMILES string of the molecule is COC(=O)C1CC12CCCc1cc(OC)ccc12. The zero-order valence-corrected chi connectivity index (χ0v) is 10.9. The van der Waals surface area contributed by atoms with E-state index in [0.717, 1.165) is 31.4 Å². The average Bonchev–Trinajstić information content (AvgIpc) is 3.12. The first-order chi connectivity index (χ1) is 8.71. The zero-order valence-electron chi connectivity index (χ0n) is 10.9. The van der Waals surface area contributed by atoms with Crippen molar-refractivity contribution >= 4 is 5.97 Å². The predicted octanol–water partition coefficient (Wildman–Crippen LogP) is 2.46. The summed E-state index contributed by atoms with van der Waals surface area (Å²) < 4.78 is 10.2. The fourth-order valence-corrected chi connectivity index (χ4v) is 3.45. The quantitative estimate of drug-likeness (QED) is 0.752. The van der Waals surface area contributed by atoms with Crippen LogP contribution in [0.3, 0.4) is 0 Å². The number of methoxy groups -OCH3 is 2. The van der Waals surface area contributed by atoms with E-state index in [1.807, 2.05) is 6.07 Å². The highest BCUT2D eigenvalue weighted by Crippen LogP contribution is 2.60. The molecule has 2 unspecified atom stereocenters. The van der Waals surface area contributed by atoms with Gasteiger partial charge in [-0.3, -0.25) is 4.79 Å².